The van der Waals surface area contributed by atoms with Crippen LogP contribution in [-0.2, 0) is 4.74 Å². The van der Waals surface area contributed by atoms with Gasteiger partial charge in [-0.3, -0.25) is 4.79 Å². The number of hydrogen-bond donors (Lipinski definition) is 2. The molecule has 4 heterocycles. The number of amides is 1. The Morgan fingerprint density at radius 3 is 2.62 bits per heavy atom. The van der Waals surface area contributed by atoms with Crippen LogP contribution < -0.4 is 10.2 Å². The number of halogens is 3. The van der Waals surface area contributed by atoms with Gasteiger partial charge in [0.1, 0.15) is 5.65 Å². The van der Waals surface area contributed by atoms with Crippen LogP contribution >= 0.6 is 0 Å². The predicted molar refractivity (Wildman–Crippen MR) is 133 cm³/mol. The number of alkyl halides is 3. The van der Waals surface area contributed by atoms with Crippen molar-refractivity contribution < 1.29 is 22.7 Å². The van der Waals surface area contributed by atoms with Crippen molar-refractivity contribution in [3.05, 3.63) is 60.5 Å². The molecule has 5 rings (SSSR count). The van der Waals surface area contributed by atoms with Gasteiger partial charge in [0.05, 0.1) is 36.6 Å². The third-order valence-corrected chi connectivity index (χ3v) is 6.89. The first kappa shape index (κ1) is 24.9. The molecule has 0 saturated carbocycles. The van der Waals surface area contributed by atoms with Gasteiger partial charge in [-0.2, -0.15) is 13.2 Å². The summed E-state index contributed by atoms with van der Waals surface area (Å²) in [6, 6.07) is 1.41. The molecule has 1 fully saturated rings. The van der Waals surface area contributed by atoms with E-state index in [-0.39, 0.29) is 12.2 Å². The van der Waals surface area contributed by atoms with E-state index in [9.17, 15) is 18.0 Å². The fourth-order valence-electron chi connectivity index (χ4n) is 4.54. The summed E-state index contributed by atoms with van der Waals surface area (Å²) >= 11 is 0. The molecule has 3 aromatic rings. The Morgan fingerprint density at radius 2 is 1.92 bits per heavy atom. The van der Waals surface area contributed by atoms with E-state index in [1.807, 2.05) is 12.4 Å². The van der Waals surface area contributed by atoms with Crippen molar-refractivity contribution in [1.29, 1.82) is 0 Å². The van der Waals surface area contributed by atoms with Crippen molar-refractivity contribution in [3.8, 4) is 11.1 Å². The number of aromatic amines is 1. The van der Waals surface area contributed by atoms with E-state index < -0.39 is 23.5 Å². The molecule has 194 valence electrons. The van der Waals surface area contributed by atoms with E-state index in [1.165, 1.54) is 12.2 Å². The van der Waals surface area contributed by atoms with Gasteiger partial charge in [0.2, 0.25) is 5.82 Å². The van der Waals surface area contributed by atoms with E-state index in [0.29, 0.717) is 24.4 Å². The molecule has 1 aliphatic heterocycles. The van der Waals surface area contributed by atoms with Crippen molar-refractivity contribution in [1.82, 2.24) is 25.3 Å². The van der Waals surface area contributed by atoms with Crippen LogP contribution in [0.1, 0.15) is 30.9 Å². The average Bonchev–Trinajstić information content (AvgIpc) is 3.32. The molecule has 1 saturated heterocycles. The third kappa shape index (κ3) is 4.95. The average molecular weight is 513 g/mol. The standard InChI is InChI=1S/C26H27F3N6O2/c1-16(17-4-3-5-25(2,11-17)26(27,28)29)34-24(36)23-30-12-18(13-31-23)21-15-33-22-20(21)10-19(14-32-22)35-6-8-37-9-7-35/h3-4,10-16H,5-9H2,1-2H3,(H,32,33)(H,34,36)/t16-,25?/m1/s1. The first-order valence-corrected chi connectivity index (χ1v) is 12.0. The largest absolute Gasteiger partial charge is 0.397 e. The van der Waals surface area contributed by atoms with E-state index in [2.05, 4.69) is 36.2 Å². The lowest BCUT2D eigenvalue weighted by Gasteiger charge is -2.32. The zero-order valence-corrected chi connectivity index (χ0v) is 20.5. The highest BCUT2D eigenvalue weighted by molar-refractivity contribution is 5.95. The molecular weight excluding hydrogens is 485 g/mol. The van der Waals surface area contributed by atoms with Crippen molar-refractivity contribution in [2.24, 2.45) is 5.41 Å². The van der Waals surface area contributed by atoms with Crippen molar-refractivity contribution in [3.63, 3.8) is 0 Å². The lowest BCUT2D eigenvalue weighted by Crippen LogP contribution is -2.39. The zero-order valence-electron chi connectivity index (χ0n) is 20.5. The first-order valence-electron chi connectivity index (χ1n) is 12.0. The number of aromatic nitrogens is 4. The van der Waals surface area contributed by atoms with Gasteiger partial charge in [0.25, 0.3) is 5.91 Å². The smallest absolute Gasteiger partial charge is 0.378 e. The molecular formula is C26H27F3N6O2. The van der Waals surface area contributed by atoms with Gasteiger partial charge >= 0.3 is 6.18 Å². The maximum Gasteiger partial charge on any atom is 0.397 e. The molecule has 0 bridgehead atoms. The number of carbonyl (C=O) groups is 1. The van der Waals surface area contributed by atoms with Crippen LogP contribution in [0.2, 0.25) is 0 Å². The summed E-state index contributed by atoms with van der Waals surface area (Å²) in [6.07, 6.45) is 6.51. The SMILES string of the molecule is C[C@@H](NC(=O)c1ncc(-c2c[nH]c3ncc(N4CCOCC4)cc23)cn1)C1=CC(C)(C(F)(F)F)CC=C1. The van der Waals surface area contributed by atoms with Crippen LogP contribution in [0.15, 0.2) is 54.7 Å². The molecule has 0 radical (unpaired) electrons. The molecule has 11 heteroatoms. The van der Waals surface area contributed by atoms with Gasteiger partial charge in [0.15, 0.2) is 0 Å². The number of carbonyl (C=O) groups excluding carboxylic acids is 1. The second-order valence-corrected chi connectivity index (χ2v) is 9.55. The highest BCUT2D eigenvalue weighted by Gasteiger charge is 2.49. The number of pyridine rings is 1. The predicted octanol–water partition coefficient (Wildman–Crippen LogP) is 4.43. The minimum absolute atomic E-state index is 0.0680. The van der Waals surface area contributed by atoms with Crippen LogP contribution in [0, 0.1) is 5.41 Å². The number of allylic oxidation sites excluding steroid dienone is 2. The number of hydrogen-bond acceptors (Lipinski definition) is 6. The number of fused-ring (bicyclic) bond motifs is 1. The summed E-state index contributed by atoms with van der Waals surface area (Å²) in [4.78, 5) is 31.1. The van der Waals surface area contributed by atoms with E-state index in [1.54, 1.807) is 25.4 Å². The molecule has 2 aliphatic rings. The molecule has 37 heavy (non-hydrogen) atoms. The Kier molecular flexibility index (Phi) is 6.49. The molecule has 1 amide bonds. The fraction of sp³-hybridized carbons (Fsp3) is 0.385. The van der Waals surface area contributed by atoms with Gasteiger partial charge in [-0.1, -0.05) is 18.2 Å². The lowest BCUT2D eigenvalue weighted by molar-refractivity contribution is -0.199. The summed E-state index contributed by atoms with van der Waals surface area (Å²) in [5.74, 6) is -0.635. The van der Waals surface area contributed by atoms with Crippen molar-refractivity contribution in [2.45, 2.75) is 32.5 Å². The number of H-pyrrole nitrogens is 1. The third-order valence-electron chi connectivity index (χ3n) is 6.89. The number of nitrogens with one attached hydrogen (secondary N) is 2. The zero-order chi connectivity index (χ0) is 26.2. The Balaban J connectivity index is 1.32. The number of rotatable bonds is 5. The van der Waals surface area contributed by atoms with Gasteiger partial charge in [-0.25, -0.2) is 15.0 Å². The molecule has 2 N–H and O–H groups in total. The first-order chi connectivity index (χ1) is 17.6. The highest BCUT2D eigenvalue weighted by Crippen LogP contribution is 2.45. The summed E-state index contributed by atoms with van der Waals surface area (Å²) < 4.78 is 45.8. The van der Waals surface area contributed by atoms with Crippen molar-refractivity contribution >= 4 is 22.6 Å². The van der Waals surface area contributed by atoms with Crippen LogP contribution in [0.5, 0.6) is 0 Å². The maximum absolute atomic E-state index is 13.5. The Morgan fingerprint density at radius 1 is 1.19 bits per heavy atom. The second kappa shape index (κ2) is 9.62. The molecule has 0 aromatic carbocycles. The number of nitrogens with zero attached hydrogens (tertiary/aromatic N) is 4. The van der Waals surface area contributed by atoms with E-state index in [4.69, 9.17) is 4.74 Å². The number of anilines is 1. The summed E-state index contributed by atoms with van der Waals surface area (Å²) in [5, 5.41) is 3.60. The molecule has 2 atom stereocenters. The normalized spacial score (nSPS) is 21.1. The Bertz CT molecular complexity index is 1360. The van der Waals surface area contributed by atoms with Crippen LogP contribution in [-0.4, -0.2) is 64.4 Å². The molecule has 0 spiro atoms. The highest BCUT2D eigenvalue weighted by atomic mass is 19.4. The van der Waals surface area contributed by atoms with Gasteiger partial charge < -0.3 is 19.9 Å². The van der Waals surface area contributed by atoms with Gasteiger partial charge in [-0.05, 0) is 31.9 Å². The quantitative estimate of drug-likeness (QED) is 0.525. The fourth-order valence-corrected chi connectivity index (χ4v) is 4.54. The minimum atomic E-state index is -4.38. The Hall–Kier alpha value is -3.73. The second-order valence-electron chi connectivity index (χ2n) is 9.55. The van der Waals surface area contributed by atoms with E-state index >= 15 is 0 Å². The summed E-state index contributed by atoms with van der Waals surface area (Å²) in [6.45, 7) is 5.71. The van der Waals surface area contributed by atoms with E-state index in [0.717, 1.165) is 42.3 Å². The molecule has 3 aromatic heterocycles. The number of ether oxygens (including phenoxy) is 1. The summed E-state index contributed by atoms with van der Waals surface area (Å²) in [7, 11) is 0. The monoisotopic (exact) mass is 512 g/mol. The van der Waals surface area contributed by atoms with Crippen LogP contribution in [0.3, 0.4) is 0 Å². The maximum atomic E-state index is 13.5. The molecule has 1 unspecified atom stereocenters. The topological polar surface area (TPSA) is 96.0 Å². The van der Waals surface area contributed by atoms with Gasteiger partial charge in [-0.15, -0.1) is 0 Å². The number of morpholine rings is 1. The minimum Gasteiger partial charge on any atom is -0.378 e. The van der Waals surface area contributed by atoms with Crippen LogP contribution in [0.25, 0.3) is 22.2 Å². The lowest BCUT2D eigenvalue weighted by atomic mass is 9.79. The van der Waals surface area contributed by atoms with Crippen LogP contribution in [0.4, 0.5) is 18.9 Å². The summed E-state index contributed by atoms with van der Waals surface area (Å²) in [5.41, 5.74) is 1.69. The van der Waals surface area contributed by atoms with Gasteiger partial charge in [0, 0.05) is 48.2 Å². The van der Waals surface area contributed by atoms with Crippen molar-refractivity contribution in [2.75, 3.05) is 31.2 Å². The molecule has 1 aliphatic carbocycles. The Labute approximate surface area is 211 Å². The molecule has 8 nitrogen and oxygen atoms in total.